The zero-order chi connectivity index (χ0) is 22.5. The fourth-order valence-electron chi connectivity index (χ4n) is 2.21. The zero-order valence-electron chi connectivity index (χ0n) is 16.8. The van der Waals surface area contributed by atoms with E-state index in [0.29, 0.717) is 5.75 Å². The summed E-state index contributed by atoms with van der Waals surface area (Å²) in [6, 6.07) is 6.54. The van der Waals surface area contributed by atoms with Crippen molar-refractivity contribution < 1.29 is 38.1 Å². The predicted molar refractivity (Wildman–Crippen MR) is 113 cm³/mol. The number of nitrogens with one attached hydrogen (secondary N) is 1. The van der Waals surface area contributed by atoms with Crippen molar-refractivity contribution in [1.82, 2.24) is 5.32 Å². The molecule has 0 aliphatic heterocycles. The third kappa shape index (κ3) is 9.49. The van der Waals surface area contributed by atoms with Gasteiger partial charge in [-0.3, -0.25) is 4.79 Å². The lowest BCUT2D eigenvalue weighted by molar-refractivity contribution is -0.149. The number of rotatable bonds is 11. The van der Waals surface area contributed by atoms with E-state index in [0.717, 1.165) is 17.1 Å². The molecular formula is C19H24BrNO8S. The maximum absolute atomic E-state index is 12.2. The van der Waals surface area contributed by atoms with Crippen LogP contribution in [0.5, 0.6) is 0 Å². The first kappa shape index (κ1) is 25.8. The summed E-state index contributed by atoms with van der Waals surface area (Å²) in [6.45, 7) is 0. The van der Waals surface area contributed by atoms with Gasteiger partial charge in [0.15, 0.2) is 0 Å². The third-order valence-corrected chi connectivity index (χ3v) is 5.41. The molecule has 2 atom stereocenters. The first-order valence-corrected chi connectivity index (χ1v) is 10.8. The maximum atomic E-state index is 12.2. The Bertz CT molecular complexity index is 728. The number of ether oxygens (including phenoxy) is 4. The monoisotopic (exact) mass is 505 g/mol. The van der Waals surface area contributed by atoms with Gasteiger partial charge in [-0.2, -0.15) is 11.8 Å². The average Bonchev–Trinajstić information content (AvgIpc) is 2.75. The van der Waals surface area contributed by atoms with Gasteiger partial charge in [-0.05, 0) is 24.1 Å². The zero-order valence-corrected chi connectivity index (χ0v) is 19.2. The summed E-state index contributed by atoms with van der Waals surface area (Å²) in [4.78, 5) is 47.3. The van der Waals surface area contributed by atoms with Crippen LogP contribution in [0.2, 0.25) is 0 Å². The van der Waals surface area contributed by atoms with Crippen LogP contribution in [0.4, 0.5) is 4.79 Å². The molecule has 0 aliphatic carbocycles. The number of hydrogen-bond acceptors (Lipinski definition) is 9. The van der Waals surface area contributed by atoms with E-state index in [4.69, 9.17) is 4.74 Å². The van der Waals surface area contributed by atoms with Gasteiger partial charge >= 0.3 is 24.0 Å². The molecule has 0 saturated carbocycles. The van der Waals surface area contributed by atoms with Gasteiger partial charge in [0.25, 0.3) is 0 Å². The molecule has 0 unspecified atom stereocenters. The Morgan fingerprint density at radius 3 is 2.20 bits per heavy atom. The molecule has 166 valence electrons. The summed E-state index contributed by atoms with van der Waals surface area (Å²) in [5.41, 5.74) is 1.03. The second kappa shape index (κ2) is 13.9. The van der Waals surface area contributed by atoms with Gasteiger partial charge in [0.05, 0.1) is 21.3 Å². The lowest BCUT2D eigenvalue weighted by atomic mass is 10.1. The number of halogens is 1. The lowest BCUT2D eigenvalue weighted by Crippen LogP contribution is -2.44. The predicted octanol–water partition coefficient (Wildman–Crippen LogP) is 2.44. The van der Waals surface area contributed by atoms with Gasteiger partial charge in [-0.1, -0.05) is 28.1 Å². The molecular weight excluding hydrogens is 482 g/mol. The van der Waals surface area contributed by atoms with Crippen LogP contribution in [0.15, 0.2) is 28.7 Å². The highest BCUT2D eigenvalue weighted by Crippen LogP contribution is 2.18. The molecule has 0 bridgehead atoms. The van der Waals surface area contributed by atoms with Crippen LogP contribution in [0.25, 0.3) is 0 Å². The second-order valence-electron chi connectivity index (χ2n) is 5.89. The number of benzene rings is 1. The molecule has 1 N–H and O–H groups in total. The molecule has 0 radical (unpaired) electrons. The molecule has 11 heteroatoms. The van der Waals surface area contributed by atoms with Crippen LogP contribution in [-0.4, -0.2) is 63.2 Å². The molecule has 0 saturated heterocycles. The van der Waals surface area contributed by atoms with E-state index in [-0.39, 0.29) is 18.6 Å². The molecule has 0 fully saturated rings. The number of thioether (sulfide) groups is 1. The number of esters is 3. The van der Waals surface area contributed by atoms with E-state index in [9.17, 15) is 19.2 Å². The number of methoxy groups -OCH3 is 3. The number of alkyl carbamates (subject to hydrolysis) is 1. The molecule has 1 aromatic rings. The van der Waals surface area contributed by atoms with Crippen molar-refractivity contribution >= 4 is 51.7 Å². The van der Waals surface area contributed by atoms with E-state index in [1.54, 1.807) is 0 Å². The highest BCUT2D eigenvalue weighted by Gasteiger charge is 2.28. The average molecular weight is 506 g/mol. The van der Waals surface area contributed by atoms with Gasteiger partial charge in [0.2, 0.25) is 6.10 Å². The van der Waals surface area contributed by atoms with Crippen LogP contribution >= 0.6 is 27.7 Å². The minimum atomic E-state index is -1.17. The van der Waals surface area contributed by atoms with Crippen molar-refractivity contribution in [3.05, 3.63) is 34.3 Å². The second-order valence-corrected chi connectivity index (χ2v) is 7.84. The summed E-state index contributed by atoms with van der Waals surface area (Å²) in [5, 5.41) is 2.31. The smallest absolute Gasteiger partial charge is 0.408 e. The van der Waals surface area contributed by atoms with E-state index in [2.05, 4.69) is 35.5 Å². The van der Waals surface area contributed by atoms with Crippen LogP contribution in [-0.2, 0) is 39.1 Å². The number of amides is 1. The van der Waals surface area contributed by atoms with Gasteiger partial charge in [-0.25, -0.2) is 14.4 Å². The Morgan fingerprint density at radius 1 is 1.00 bits per heavy atom. The highest BCUT2D eigenvalue weighted by molar-refractivity contribution is 9.10. The lowest BCUT2D eigenvalue weighted by Gasteiger charge is -2.19. The van der Waals surface area contributed by atoms with Gasteiger partial charge < -0.3 is 24.3 Å². The van der Waals surface area contributed by atoms with Crippen molar-refractivity contribution in [2.75, 3.05) is 27.1 Å². The number of carbonyl (C=O) groups excluding carboxylic acids is 4. The molecule has 9 nitrogen and oxygen atoms in total. The Kier molecular flexibility index (Phi) is 11.9. The molecule has 0 heterocycles. The normalized spacial score (nSPS) is 12.3. The third-order valence-electron chi connectivity index (χ3n) is 3.81. The van der Waals surface area contributed by atoms with Crippen LogP contribution in [0, 0.1) is 0 Å². The van der Waals surface area contributed by atoms with Crippen molar-refractivity contribution in [2.24, 2.45) is 0 Å². The van der Waals surface area contributed by atoms with Crippen molar-refractivity contribution in [3.8, 4) is 0 Å². The van der Waals surface area contributed by atoms with Gasteiger partial charge in [0.1, 0.15) is 6.04 Å². The standard InChI is InChI=1S/C19H24BrNO8S/c1-26-16(22)9-8-14(17(23)27-2)21-19(25)29-15(18(24)28-3)11-30-10-12-4-6-13(20)7-5-12/h4-7,14-15H,8-11H2,1-3H3,(H,21,25)/t14-,15-/m0/s1. The quantitative estimate of drug-likeness (QED) is 0.357. The summed E-state index contributed by atoms with van der Waals surface area (Å²) < 4.78 is 19.9. The molecule has 1 amide bonds. The summed E-state index contributed by atoms with van der Waals surface area (Å²) in [6.07, 6.45) is -2.33. The first-order valence-electron chi connectivity index (χ1n) is 8.82. The van der Waals surface area contributed by atoms with Crippen molar-refractivity contribution in [3.63, 3.8) is 0 Å². The van der Waals surface area contributed by atoms with Crippen LogP contribution < -0.4 is 5.32 Å². The van der Waals surface area contributed by atoms with Crippen molar-refractivity contribution in [1.29, 1.82) is 0 Å². The Hall–Kier alpha value is -2.27. The molecule has 0 aromatic heterocycles. The molecule has 1 aromatic carbocycles. The minimum absolute atomic E-state index is 0.0460. The molecule has 0 aliphatic rings. The first-order chi connectivity index (χ1) is 14.3. The van der Waals surface area contributed by atoms with Gasteiger partial charge in [-0.15, -0.1) is 0 Å². The Balaban J connectivity index is 2.64. The topological polar surface area (TPSA) is 117 Å². The summed E-state index contributed by atoms with van der Waals surface area (Å²) in [5.74, 6) is -1.28. The van der Waals surface area contributed by atoms with Gasteiger partial charge in [0, 0.05) is 22.4 Å². The van der Waals surface area contributed by atoms with E-state index in [1.165, 1.54) is 26.0 Å². The molecule has 0 spiro atoms. The van der Waals surface area contributed by atoms with E-state index < -0.39 is 36.1 Å². The fourth-order valence-corrected chi connectivity index (χ4v) is 3.44. The van der Waals surface area contributed by atoms with Crippen molar-refractivity contribution in [2.45, 2.75) is 30.7 Å². The number of carbonyl (C=O) groups is 4. The van der Waals surface area contributed by atoms with Crippen LogP contribution in [0.3, 0.4) is 0 Å². The fraction of sp³-hybridized carbons (Fsp3) is 0.474. The summed E-state index contributed by atoms with van der Waals surface area (Å²) in [7, 11) is 3.55. The Labute approximate surface area is 187 Å². The van der Waals surface area contributed by atoms with E-state index >= 15 is 0 Å². The largest absolute Gasteiger partial charge is 0.469 e. The summed E-state index contributed by atoms with van der Waals surface area (Å²) >= 11 is 4.74. The minimum Gasteiger partial charge on any atom is -0.469 e. The Morgan fingerprint density at radius 2 is 1.63 bits per heavy atom. The molecule has 30 heavy (non-hydrogen) atoms. The van der Waals surface area contributed by atoms with Crippen LogP contribution in [0.1, 0.15) is 18.4 Å². The maximum Gasteiger partial charge on any atom is 0.408 e. The number of hydrogen-bond donors (Lipinski definition) is 1. The van der Waals surface area contributed by atoms with E-state index in [1.807, 2.05) is 24.3 Å². The molecule has 1 rings (SSSR count). The SMILES string of the molecule is COC(=O)CC[C@H](NC(=O)O[C@@H](CSCc1ccc(Br)cc1)C(=O)OC)C(=O)OC. The highest BCUT2D eigenvalue weighted by atomic mass is 79.9.